The van der Waals surface area contributed by atoms with Crippen molar-refractivity contribution in [2.24, 2.45) is 5.16 Å². The van der Waals surface area contributed by atoms with Gasteiger partial charge in [0, 0.05) is 6.61 Å². The first-order valence-electron chi connectivity index (χ1n) is 11.6. The number of sulfonamides is 1. The van der Waals surface area contributed by atoms with Crippen LogP contribution in [0.5, 0.6) is 0 Å². The monoisotopic (exact) mass is 498 g/mol. The molecule has 10 nitrogen and oxygen atoms in total. The molecule has 0 radical (unpaired) electrons. The van der Waals surface area contributed by atoms with E-state index in [4.69, 9.17) is 18.9 Å². The second-order valence-corrected chi connectivity index (χ2v) is 10.6. The summed E-state index contributed by atoms with van der Waals surface area (Å²) in [5, 5.41) is 3.60. The van der Waals surface area contributed by atoms with Crippen LogP contribution < -0.4 is 4.72 Å². The summed E-state index contributed by atoms with van der Waals surface area (Å²) in [6.07, 6.45) is 3.23. The number of aryl methyl sites for hydroxylation is 1. The van der Waals surface area contributed by atoms with E-state index in [1.807, 2.05) is 11.6 Å². The number of nitrogens with zero attached hydrogens (tertiary/aromatic N) is 1. The molecule has 1 N–H and O–H groups in total. The fourth-order valence-electron chi connectivity index (χ4n) is 3.79. The Kier molecular flexibility index (Phi) is 9.05. The van der Waals surface area contributed by atoms with E-state index in [1.165, 1.54) is 37.6 Å². The van der Waals surface area contributed by atoms with Crippen molar-refractivity contribution in [2.45, 2.75) is 95.1 Å². The van der Waals surface area contributed by atoms with Crippen molar-refractivity contribution >= 4 is 22.3 Å². The molecule has 1 amide bonds. The Hall–Kier alpha value is -2.05. The Labute approximate surface area is 201 Å². The number of hydrogen-bond acceptors (Lipinski definition) is 9. The second-order valence-electron chi connectivity index (χ2n) is 8.87. The van der Waals surface area contributed by atoms with Crippen LogP contribution in [0.3, 0.4) is 0 Å². The van der Waals surface area contributed by atoms with E-state index in [-0.39, 0.29) is 4.90 Å². The zero-order valence-corrected chi connectivity index (χ0v) is 20.9. The fourth-order valence-corrected chi connectivity index (χ4v) is 4.66. The number of benzene rings is 1. The molecule has 0 aliphatic carbocycles. The first kappa shape index (κ1) is 26.6. The first-order valence-corrected chi connectivity index (χ1v) is 13.1. The van der Waals surface area contributed by atoms with Crippen molar-refractivity contribution in [1.82, 2.24) is 4.72 Å². The van der Waals surface area contributed by atoms with Crippen LogP contribution >= 0.6 is 0 Å². The van der Waals surface area contributed by atoms with E-state index in [2.05, 4.69) is 16.9 Å². The van der Waals surface area contributed by atoms with Crippen molar-refractivity contribution in [3.8, 4) is 0 Å². The molecule has 190 valence electrons. The van der Waals surface area contributed by atoms with E-state index in [0.717, 1.165) is 18.4 Å². The van der Waals surface area contributed by atoms with Crippen molar-refractivity contribution in [2.75, 3.05) is 6.61 Å². The molecule has 2 aliphatic heterocycles. The second kappa shape index (κ2) is 11.6. The van der Waals surface area contributed by atoms with Gasteiger partial charge in [0.15, 0.2) is 12.1 Å². The van der Waals surface area contributed by atoms with E-state index in [1.54, 1.807) is 26.0 Å². The Bertz CT molecular complexity index is 948. The molecule has 34 heavy (non-hydrogen) atoms. The zero-order chi connectivity index (χ0) is 24.8. The molecule has 0 saturated carbocycles. The van der Waals surface area contributed by atoms with Gasteiger partial charge in [0.2, 0.25) is 0 Å². The third-order valence-corrected chi connectivity index (χ3v) is 6.80. The van der Waals surface area contributed by atoms with Gasteiger partial charge in [-0.25, -0.2) is 17.9 Å². The zero-order valence-electron chi connectivity index (χ0n) is 20.1. The van der Waals surface area contributed by atoms with E-state index < -0.39 is 46.5 Å². The summed E-state index contributed by atoms with van der Waals surface area (Å²) in [5.41, 5.74) is 0.890. The molecule has 0 aromatic heterocycles. The third-order valence-electron chi connectivity index (χ3n) is 5.47. The maximum Gasteiger partial charge on any atom is 0.447 e. The highest BCUT2D eigenvalue weighted by atomic mass is 32.2. The van der Waals surface area contributed by atoms with Gasteiger partial charge < -0.3 is 18.9 Å². The average molecular weight is 499 g/mol. The Morgan fingerprint density at radius 2 is 1.79 bits per heavy atom. The Morgan fingerprint density at radius 1 is 1.12 bits per heavy atom. The Morgan fingerprint density at radius 3 is 2.50 bits per heavy atom. The minimum Gasteiger partial charge on any atom is -0.350 e. The molecule has 3 rings (SSSR count). The molecule has 2 fully saturated rings. The van der Waals surface area contributed by atoms with Crippen LogP contribution in [-0.2, 0) is 33.8 Å². The van der Waals surface area contributed by atoms with Crippen LogP contribution in [0, 0.1) is 6.92 Å². The molecule has 11 heteroatoms. The molecule has 2 aliphatic rings. The average Bonchev–Trinajstić information content (AvgIpc) is 3.24. The first-order chi connectivity index (χ1) is 16.1. The van der Waals surface area contributed by atoms with Crippen LogP contribution in [0.4, 0.5) is 4.79 Å². The minimum atomic E-state index is -4.08. The van der Waals surface area contributed by atoms with Gasteiger partial charge in [-0.3, -0.25) is 4.84 Å². The predicted octanol–water partition coefficient (Wildman–Crippen LogP) is 3.63. The molecule has 2 heterocycles. The largest absolute Gasteiger partial charge is 0.447 e. The van der Waals surface area contributed by atoms with Crippen LogP contribution in [-0.4, -0.2) is 57.7 Å². The number of nitrogens with one attached hydrogen (secondary N) is 1. The van der Waals surface area contributed by atoms with Gasteiger partial charge in [0.25, 0.3) is 10.0 Å². The third kappa shape index (κ3) is 7.22. The van der Waals surface area contributed by atoms with Gasteiger partial charge in [-0.15, -0.1) is 0 Å². The lowest BCUT2D eigenvalue weighted by Crippen LogP contribution is -2.32. The lowest BCUT2D eigenvalue weighted by Gasteiger charge is -2.23. The standard InChI is InChI=1S/C23H34N2O8S/c1-5-6-7-8-9-14-29-21-20-19(31-23(3,4)32-20)18(30-21)15-24-33-22(26)25-34(27,28)17-12-10-16(2)11-13-17/h10-13,15,18-21H,5-9,14H2,1-4H3,(H,25,26)/b24-15+/t18-,19+,20+,21+/m1/s1. The van der Waals surface area contributed by atoms with Gasteiger partial charge in [0.1, 0.15) is 18.3 Å². The van der Waals surface area contributed by atoms with Gasteiger partial charge in [-0.2, -0.15) is 0 Å². The molecular weight excluding hydrogens is 464 g/mol. The summed E-state index contributed by atoms with van der Waals surface area (Å²) in [7, 11) is -4.08. The number of hydrogen-bond donors (Lipinski definition) is 1. The number of fused-ring (bicyclic) bond motifs is 1. The lowest BCUT2D eigenvalue weighted by atomic mass is 10.1. The smallest absolute Gasteiger partial charge is 0.350 e. The summed E-state index contributed by atoms with van der Waals surface area (Å²) in [6.45, 7) is 8.11. The highest BCUT2D eigenvalue weighted by Crippen LogP contribution is 2.38. The summed E-state index contributed by atoms with van der Waals surface area (Å²) in [6, 6.07) is 6.04. The molecule has 0 spiro atoms. The quantitative estimate of drug-likeness (QED) is 0.212. The molecule has 0 bridgehead atoms. The van der Waals surface area contributed by atoms with E-state index in [0.29, 0.717) is 6.61 Å². The molecule has 1 aromatic carbocycles. The molecule has 0 unspecified atom stereocenters. The van der Waals surface area contributed by atoms with E-state index in [9.17, 15) is 13.2 Å². The summed E-state index contributed by atoms with van der Waals surface area (Å²) in [5.74, 6) is -0.825. The predicted molar refractivity (Wildman–Crippen MR) is 124 cm³/mol. The summed E-state index contributed by atoms with van der Waals surface area (Å²) < 4.78 is 50.0. The molecular formula is C23H34N2O8S. The van der Waals surface area contributed by atoms with Crippen molar-refractivity contribution in [1.29, 1.82) is 0 Å². The Balaban J connectivity index is 1.52. The normalized spacial score (nSPS) is 26.0. The van der Waals surface area contributed by atoms with Gasteiger partial charge in [0.05, 0.1) is 11.1 Å². The SMILES string of the molecule is CCCCCCCO[C@H]1O[C@H](/C=N/OC(=O)NS(=O)(=O)c2ccc(C)cc2)[C@@H]2OC(C)(C)O[C@H]12. The maximum atomic E-state index is 12.3. The number of unbranched alkanes of at least 4 members (excludes halogenated alkanes) is 4. The molecule has 4 atom stereocenters. The van der Waals surface area contributed by atoms with Crippen LogP contribution in [0.15, 0.2) is 34.3 Å². The van der Waals surface area contributed by atoms with Crippen molar-refractivity contribution in [3.63, 3.8) is 0 Å². The van der Waals surface area contributed by atoms with Crippen LogP contribution in [0.2, 0.25) is 0 Å². The number of carbonyl (C=O) groups is 1. The molecule has 2 saturated heterocycles. The maximum absolute atomic E-state index is 12.3. The summed E-state index contributed by atoms with van der Waals surface area (Å²) >= 11 is 0. The van der Waals surface area contributed by atoms with Crippen molar-refractivity contribution < 1.29 is 37.0 Å². The van der Waals surface area contributed by atoms with Crippen LogP contribution in [0.25, 0.3) is 0 Å². The van der Waals surface area contributed by atoms with E-state index >= 15 is 0 Å². The van der Waals surface area contributed by atoms with Gasteiger partial charge >= 0.3 is 6.09 Å². The number of oxime groups is 1. The van der Waals surface area contributed by atoms with Gasteiger partial charge in [-0.05, 0) is 39.3 Å². The number of ether oxygens (including phenoxy) is 4. The highest BCUT2D eigenvalue weighted by molar-refractivity contribution is 7.90. The number of carbonyl (C=O) groups excluding carboxylic acids is 1. The fraction of sp³-hybridized carbons (Fsp3) is 0.652. The van der Waals surface area contributed by atoms with Gasteiger partial charge in [-0.1, -0.05) is 55.5 Å². The topological polar surface area (TPSA) is 122 Å². The highest BCUT2D eigenvalue weighted by Gasteiger charge is 2.55. The minimum absolute atomic E-state index is 0.0607. The van der Waals surface area contributed by atoms with Crippen molar-refractivity contribution in [3.05, 3.63) is 29.8 Å². The summed E-state index contributed by atoms with van der Waals surface area (Å²) in [4.78, 5) is 16.6. The van der Waals surface area contributed by atoms with Crippen LogP contribution in [0.1, 0.15) is 58.4 Å². The number of rotatable bonds is 11. The lowest BCUT2D eigenvalue weighted by molar-refractivity contribution is -0.225. The molecule has 1 aromatic rings. The number of amides is 1.